The van der Waals surface area contributed by atoms with E-state index >= 15 is 0 Å². The molecule has 0 saturated carbocycles. The van der Waals surface area contributed by atoms with E-state index in [9.17, 15) is 13.6 Å². The van der Waals surface area contributed by atoms with Crippen molar-refractivity contribution in [2.75, 3.05) is 5.32 Å². The molecular formula is C23H16ClF2N3O2. The monoisotopic (exact) mass is 439 g/mol. The van der Waals surface area contributed by atoms with Crippen molar-refractivity contribution in [2.45, 2.75) is 12.8 Å². The van der Waals surface area contributed by atoms with Crippen LogP contribution in [0.4, 0.5) is 14.7 Å². The molecule has 0 aliphatic rings. The number of aromatic nitrogens is 2. The number of hydrogen-bond acceptors (Lipinski definition) is 4. The lowest BCUT2D eigenvalue weighted by molar-refractivity contribution is -0.116. The Hall–Kier alpha value is -3.58. The van der Waals surface area contributed by atoms with Gasteiger partial charge in [0.25, 0.3) is 0 Å². The summed E-state index contributed by atoms with van der Waals surface area (Å²) in [6.07, 6.45) is 3.76. The van der Waals surface area contributed by atoms with Gasteiger partial charge in [-0.3, -0.25) is 15.1 Å². The van der Waals surface area contributed by atoms with E-state index in [-0.39, 0.29) is 29.5 Å². The van der Waals surface area contributed by atoms with Crippen LogP contribution >= 0.6 is 11.6 Å². The lowest BCUT2D eigenvalue weighted by Gasteiger charge is -2.07. The van der Waals surface area contributed by atoms with Gasteiger partial charge in [-0.05, 0) is 53.9 Å². The lowest BCUT2D eigenvalue weighted by atomic mass is 10.0. The van der Waals surface area contributed by atoms with E-state index in [1.165, 1.54) is 6.07 Å². The summed E-state index contributed by atoms with van der Waals surface area (Å²) in [6.45, 7) is 0. The van der Waals surface area contributed by atoms with Crippen molar-refractivity contribution in [3.63, 3.8) is 0 Å². The molecule has 2 aromatic carbocycles. The molecule has 4 aromatic rings. The molecule has 1 N–H and O–H groups in total. The molecule has 0 atom stereocenters. The molecule has 2 heterocycles. The number of amides is 1. The maximum atomic E-state index is 14.4. The van der Waals surface area contributed by atoms with Crippen LogP contribution in [0.25, 0.3) is 22.4 Å². The number of pyridine rings is 1. The summed E-state index contributed by atoms with van der Waals surface area (Å²) < 4.78 is 33.1. The van der Waals surface area contributed by atoms with Gasteiger partial charge in [0.05, 0.1) is 5.56 Å². The highest BCUT2D eigenvalue weighted by molar-refractivity contribution is 6.30. The summed E-state index contributed by atoms with van der Waals surface area (Å²) in [5.41, 5.74) is 2.11. The molecule has 0 spiro atoms. The summed E-state index contributed by atoms with van der Waals surface area (Å²) in [7, 11) is 0. The quantitative estimate of drug-likeness (QED) is 0.405. The minimum absolute atomic E-state index is 0.0522. The Morgan fingerprint density at radius 2 is 1.87 bits per heavy atom. The standard InChI is InChI=1S/C23H16ClF2N3O2/c24-16-3-1-2-14(12-16)4-7-20(30)28-23-21(15-8-10-27-11-9-15)22(29-31-23)18-6-5-17(25)13-19(18)26/h1-3,5-6,8-13H,4,7H2,(H,28,30). The summed E-state index contributed by atoms with van der Waals surface area (Å²) >= 11 is 5.98. The smallest absolute Gasteiger partial charge is 0.239 e. The van der Waals surface area contributed by atoms with Crippen LogP contribution < -0.4 is 5.32 Å². The Labute approximate surface area is 181 Å². The fourth-order valence-electron chi connectivity index (χ4n) is 3.17. The molecule has 156 valence electrons. The maximum absolute atomic E-state index is 14.4. The van der Waals surface area contributed by atoms with Crippen molar-refractivity contribution < 1.29 is 18.1 Å². The van der Waals surface area contributed by atoms with E-state index in [1.54, 1.807) is 36.7 Å². The van der Waals surface area contributed by atoms with E-state index in [2.05, 4.69) is 15.5 Å². The van der Waals surface area contributed by atoms with Crippen LogP contribution in [-0.4, -0.2) is 16.0 Å². The molecule has 0 radical (unpaired) electrons. The first kappa shape index (κ1) is 20.7. The van der Waals surface area contributed by atoms with Crippen molar-refractivity contribution in [1.82, 2.24) is 10.1 Å². The molecule has 1 amide bonds. The zero-order valence-corrected chi connectivity index (χ0v) is 16.9. The van der Waals surface area contributed by atoms with Crippen LogP contribution in [0.3, 0.4) is 0 Å². The molecule has 31 heavy (non-hydrogen) atoms. The highest BCUT2D eigenvalue weighted by atomic mass is 35.5. The zero-order valence-electron chi connectivity index (χ0n) is 16.1. The number of halogens is 3. The minimum Gasteiger partial charge on any atom is -0.337 e. The van der Waals surface area contributed by atoms with Gasteiger partial charge in [-0.2, -0.15) is 0 Å². The second-order valence-electron chi connectivity index (χ2n) is 6.77. The van der Waals surface area contributed by atoms with E-state index < -0.39 is 11.6 Å². The number of carbonyl (C=O) groups is 1. The molecule has 4 rings (SSSR count). The molecule has 0 fully saturated rings. The normalized spacial score (nSPS) is 10.8. The summed E-state index contributed by atoms with van der Waals surface area (Å²) in [5.74, 6) is -1.73. The van der Waals surface area contributed by atoms with Crippen LogP contribution in [0.1, 0.15) is 12.0 Å². The molecule has 0 aliphatic carbocycles. The predicted octanol–water partition coefficient (Wildman–Crippen LogP) is 5.91. The second-order valence-corrected chi connectivity index (χ2v) is 7.21. The van der Waals surface area contributed by atoms with Gasteiger partial charge in [-0.25, -0.2) is 8.78 Å². The molecule has 0 bridgehead atoms. The van der Waals surface area contributed by atoms with Gasteiger partial charge in [0.15, 0.2) is 0 Å². The number of nitrogens with zero attached hydrogens (tertiary/aromatic N) is 2. The first-order chi connectivity index (χ1) is 15.0. The van der Waals surface area contributed by atoms with Crippen molar-refractivity contribution in [2.24, 2.45) is 0 Å². The van der Waals surface area contributed by atoms with Crippen LogP contribution in [0, 0.1) is 11.6 Å². The zero-order chi connectivity index (χ0) is 21.8. The third kappa shape index (κ3) is 4.78. The van der Waals surface area contributed by atoms with Gasteiger partial charge in [-0.1, -0.05) is 28.9 Å². The first-order valence-corrected chi connectivity index (χ1v) is 9.79. The molecule has 0 aliphatic heterocycles. The summed E-state index contributed by atoms with van der Waals surface area (Å²) in [4.78, 5) is 16.5. The number of rotatable bonds is 6. The summed E-state index contributed by atoms with van der Waals surface area (Å²) in [5, 5.41) is 7.24. The Bertz CT molecular complexity index is 1230. The fraction of sp³-hybridized carbons (Fsp3) is 0.0870. The topological polar surface area (TPSA) is 68.0 Å². The van der Waals surface area contributed by atoms with Crippen LogP contribution in [0.2, 0.25) is 5.02 Å². The third-order valence-corrected chi connectivity index (χ3v) is 4.87. The largest absolute Gasteiger partial charge is 0.337 e. The average molecular weight is 440 g/mol. The highest BCUT2D eigenvalue weighted by Gasteiger charge is 2.23. The van der Waals surface area contributed by atoms with Gasteiger partial charge in [0, 0.05) is 35.5 Å². The minimum atomic E-state index is -0.789. The Morgan fingerprint density at radius 3 is 2.61 bits per heavy atom. The third-order valence-electron chi connectivity index (χ3n) is 4.63. The predicted molar refractivity (Wildman–Crippen MR) is 113 cm³/mol. The van der Waals surface area contributed by atoms with Crippen molar-refractivity contribution in [3.05, 3.63) is 89.2 Å². The van der Waals surface area contributed by atoms with Gasteiger partial charge >= 0.3 is 0 Å². The van der Waals surface area contributed by atoms with E-state index in [4.69, 9.17) is 16.1 Å². The number of carbonyl (C=O) groups excluding carboxylic acids is 1. The molecule has 0 saturated heterocycles. The Kier molecular flexibility index (Phi) is 6.04. The van der Waals surface area contributed by atoms with E-state index in [1.807, 2.05) is 12.1 Å². The SMILES string of the molecule is O=C(CCc1cccc(Cl)c1)Nc1onc(-c2ccc(F)cc2F)c1-c1ccncc1. The van der Waals surface area contributed by atoms with Gasteiger partial charge in [0.1, 0.15) is 17.3 Å². The fourth-order valence-corrected chi connectivity index (χ4v) is 3.38. The molecule has 5 nitrogen and oxygen atoms in total. The van der Waals surface area contributed by atoms with Crippen molar-refractivity contribution in [1.29, 1.82) is 0 Å². The summed E-state index contributed by atoms with van der Waals surface area (Å²) in [6, 6.07) is 13.8. The average Bonchev–Trinajstić information content (AvgIpc) is 3.16. The highest BCUT2D eigenvalue weighted by Crippen LogP contribution is 2.38. The van der Waals surface area contributed by atoms with Crippen molar-refractivity contribution >= 4 is 23.4 Å². The number of nitrogens with one attached hydrogen (secondary N) is 1. The van der Waals surface area contributed by atoms with E-state index in [0.717, 1.165) is 17.7 Å². The molecular weight excluding hydrogens is 424 g/mol. The van der Waals surface area contributed by atoms with Gasteiger partial charge < -0.3 is 4.52 Å². The van der Waals surface area contributed by atoms with Crippen LogP contribution in [-0.2, 0) is 11.2 Å². The molecule has 0 unspecified atom stereocenters. The van der Waals surface area contributed by atoms with Crippen LogP contribution in [0.15, 0.2) is 71.5 Å². The maximum Gasteiger partial charge on any atom is 0.239 e. The molecule has 2 aromatic heterocycles. The van der Waals surface area contributed by atoms with Crippen molar-refractivity contribution in [3.8, 4) is 22.4 Å². The van der Waals surface area contributed by atoms with E-state index in [0.29, 0.717) is 22.6 Å². The molecule has 8 heteroatoms. The Balaban J connectivity index is 1.63. The number of hydrogen-bond donors (Lipinski definition) is 1. The Morgan fingerprint density at radius 1 is 1.06 bits per heavy atom. The van der Waals surface area contributed by atoms with Gasteiger partial charge in [0.2, 0.25) is 11.8 Å². The number of aryl methyl sites for hydroxylation is 1. The first-order valence-electron chi connectivity index (χ1n) is 9.41. The number of benzene rings is 2. The lowest BCUT2D eigenvalue weighted by Crippen LogP contribution is -2.12. The second kappa shape index (κ2) is 9.06. The van der Waals surface area contributed by atoms with Gasteiger partial charge in [-0.15, -0.1) is 0 Å². The number of anilines is 1. The van der Waals surface area contributed by atoms with Crippen LogP contribution in [0.5, 0.6) is 0 Å².